The fraction of sp³-hybridized carbons (Fsp3) is 0.111. The smallest absolute Gasteiger partial charge is 0.298 e. The van der Waals surface area contributed by atoms with Crippen molar-refractivity contribution in [2.45, 2.75) is 4.90 Å². The van der Waals surface area contributed by atoms with Gasteiger partial charge in [0.25, 0.3) is 10.1 Å². The van der Waals surface area contributed by atoms with Crippen LogP contribution in [0.4, 0.5) is 0 Å². The minimum atomic E-state index is -4.38. The second-order valence-electron chi connectivity index (χ2n) is 3.15. The SMILES string of the molecule is COc1ccc(/C=N/N=C(N)N)cc1S(=O)(=O)O. The largest absolute Gasteiger partial charge is 0.495 e. The van der Waals surface area contributed by atoms with Crippen LogP contribution >= 0.6 is 0 Å². The number of guanidine groups is 1. The zero-order valence-electron chi connectivity index (χ0n) is 9.44. The number of methoxy groups -OCH3 is 1. The van der Waals surface area contributed by atoms with E-state index < -0.39 is 10.1 Å². The summed E-state index contributed by atoms with van der Waals surface area (Å²) in [5.74, 6) is -0.203. The van der Waals surface area contributed by atoms with Gasteiger partial charge in [0.05, 0.1) is 13.3 Å². The quantitative estimate of drug-likeness (QED) is 0.293. The van der Waals surface area contributed by atoms with Crippen LogP contribution in [-0.4, -0.2) is 32.3 Å². The van der Waals surface area contributed by atoms with Gasteiger partial charge in [-0.1, -0.05) is 0 Å². The van der Waals surface area contributed by atoms with E-state index >= 15 is 0 Å². The van der Waals surface area contributed by atoms with Gasteiger partial charge in [0, 0.05) is 0 Å². The van der Waals surface area contributed by atoms with E-state index in [1.807, 2.05) is 0 Å². The summed E-state index contributed by atoms with van der Waals surface area (Å²) < 4.78 is 36.1. The molecule has 0 bridgehead atoms. The lowest BCUT2D eigenvalue weighted by atomic mass is 10.2. The van der Waals surface area contributed by atoms with Crippen molar-refractivity contribution in [3.63, 3.8) is 0 Å². The Bertz CT molecular complexity index is 591. The van der Waals surface area contributed by atoms with Gasteiger partial charge >= 0.3 is 0 Å². The lowest BCUT2D eigenvalue weighted by Crippen LogP contribution is -2.21. The average Bonchev–Trinajstić information content (AvgIpc) is 2.27. The van der Waals surface area contributed by atoms with Gasteiger partial charge in [-0.25, -0.2) is 0 Å². The zero-order valence-corrected chi connectivity index (χ0v) is 10.3. The molecule has 0 spiro atoms. The van der Waals surface area contributed by atoms with E-state index in [2.05, 4.69) is 10.2 Å². The van der Waals surface area contributed by atoms with Gasteiger partial charge < -0.3 is 16.2 Å². The first kappa shape index (κ1) is 13.9. The van der Waals surface area contributed by atoms with Crippen LogP contribution in [0.25, 0.3) is 0 Å². The third kappa shape index (κ3) is 3.71. The summed E-state index contributed by atoms with van der Waals surface area (Å²) in [6.45, 7) is 0. The monoisotopic (exact) mass is 272 g/mol. The second-order valence-corrected chi connectivity index (χ2v) is 4.54. The molecular weight excluding hydrogens is 260 g/mol. The van der Waals surface area contributed by atoms with Crippen LogP contribution < -0.4 is 16.2 Å². The normalized spacial score (nSPS) is 11.4. The van der Waals surface area contributed by atoms with Crippen LogP contribution in [0.2, 0.25) is 0 Å². The fourth-order valence-electron chi connectivity index (χ4n) is 1.14. The van der Waals surface area contributed by atoms with Gasteiger partial charge in [-0.15, -0.1) is 5.10 Å². The molecule has 0 aliphatic heterocycles. The predicted octanol–water partition coefficient (Wildman–Crippen LogP) is -0.451. The third-order valence-corrected chi connectivity index (χ3v) is 2.72. The maximum Gasteiger partial charge on any atom is 0.298 e. The van der Waals surface area contributed by atoms with Crippen molar-refractivity contribution in [3.8, 4) is 5.75 Å². The van der Waals surface area contributed by atoms with Crippen molar-refractivity contribution in [2.75, 3.05) is 7.11 Å². The highest BCUT2D eigenvalue weighted by atomic mass is 32.2. The molecule has 0 radical (unpaired) electrons. The Morgan fingerprint density at radius 2 is 2.11 bits per heavy atom. The molecule has 98 valence electrons. The number of hydrogen-bond donors (Lipinski definition) is 3. The van der Waals surface area contributed by atoms with E-state index in [1.54, 1.807) is 0 Å². The van der Waals surface area contributed by atoms with E-state index in [1.165, 1.54) is 31.5 Å². The maximum absolute atomic E-state index is 11.1. The average molecular weight is 272 g/mol. The van der Waals surface area contributed by atoms with Crippen LogP contribution in [0.3, 0.4) is 0 Å². The Labute approximate surface area is 104 Å². The molecular formula is C9H12N4O4S. The number of nitrogens with two attached hydrogens (primary N) is 2. The van der Waals surface area contributed by atoms with Crippen LogP contribution in [0.1, 0.15) is 5.56 Å². The predicted molar refractivity (Wildman–Crippen MR) is 66.2 cm³/mol. The molecule has 1 rings (SSSR count). The summed E-state index contributed by atoms with van der Waals surface area (Å²) >= 11 is 0. The van der Waals surface area contributed by atoms with E-state index in [4.69, 9.17) is 20.8 Å². The lowest BCUT2D eigenvalue weighted by Gasteiger charge is -2.05. The molecule has 0 atom stereocenters. The molecule has 0 unspecified atom stereocenters. The zero-order chi connectivity index (χ0) is 13.8. The first-order valence-electron chi connectivity index (χ1n) is 4.62. The molecule has 0 saturated heterocycles. The van der Waals surface area contributed by atoms with Gasteiger partial charge in [-0.3, -0.25) is 4.55 Å². The summed E-state index contributed by atoms with van der Waals surface area (Å²) in [7, 11) is -3.09. The minimum absolute atomic E-state index is 0.0245. The Kier molecular flexibility index (Phi) is 4.23. The summed E-state index contributed by atoms with van der Waals surface area (Å²) in [5, 5.41) is 6.87. The molecule has 1 aromatic rings. The number of benzene rings is 1. The molecule has 0 saturated carbocycles. The van der Waals surface area contributed by atoms with Gasteiger partial charge in [-0.2, -0.15) is 13.5 Å². The number of ether oxygens (including phenoxy) is 1. The standard InChI is InChI=1S/C9H12N4O4S/c1-17-7-3-2-6(5-12-13-9(10)11)4-8(7)18(14,15)16/h2-5H,1H3,(H4,10,11,13)(H,14,15,16)/b12-5+. The molecule has 1 aromatic carbocycles. The van der Waals surface area contributed by atoms with Crippen LogP contribution in [0, 0.1) is 0 Å². The van der Waals surface area contributed by atoms with Crippen molar-refractivity contribution in [1.29, 1.82) is 0 Å². The van der Waals surface area contributed by atoms with Crippen molar-refractivity contribution in [1.82, 2.24) is 0 Å². The summed E-state index contributed by atoms with van der Waals surface area (Å²) in [6.07, 6.45) is 1.23. The Morgan fingerprint density at radius 1 is 1.44 bits per heavy atom. The number of rotatable bonds is 4. The maximum atomic E-state index is 11.1. The third-order valence-electron chi connectivity index (χ3n) is 1.85. The highest BCUT2D eigenvalue weighted by molar-refractivity contribution is 7.86. The molecule has 0 aliphatic rings. The van der Waals surface area contributed by atoms with Gasteiger partial charge in [0.1, 0.15) is 10.6 Å². The summed E-state index contributed by atoms with van der Waals surface area (Å²) in [4.78, 5) is -0.362. The molecule has 0 fully saturated rings. The van der Waals surface area contributed by atoms with E-state index in [9.17, 15) is 8.42 Å². The summed E-state index contributed by atoms with van der Waals surface area (Å²) in [6, 6.07) is 4.08. The lowest BCUT2D eigenvalue weighted by molar-refractivity contribution is 0.397. The highest BCUT2D eigenvalue weighted by Crippen LogP contribution is 2.23. The van der Waals surface area contributed by atoms with Crippen molar-refractivity contribution in [3.05, 3.63) is 23.8 Å². The molecule has 0 aliphatic carbocycles. The first-order valence-corrected chi connectivity index (χ1v) is 6.06. The Balaban J connectivity index is 3.20. The number of nitrogens with zero attached hydrogens (tertiary/aromatic N) is 2. The topological polar surface area (TPSA) is 140 Å². The Hall–Kier alpha value is -2.13. The fourth-order valence-corrected chi connectivity index (χ4v) is 1.83. The van der Waals surface area contributed by atoms with Crippen LogP contribution in [0.15, 0.2) is 33.3 Å². The molecule has 18 heavy (non-hydrogen) atoms. The van der Waals surface area contributed by atoms with E-state index in [0.717, 1.165) is 0 Å². The van der Waals surface area contributed by atoms with Gasteiger partial charge in [0.2, 0.25) is 5.96 Å². The minimum Gasteiger partial charge on any atom is -0.495 e. The second kappa shape index (κ2) is 5.47. The van der Waals surface area contributed by atoms with Crippen molar-refractivity contribution in [2.24, 2.45) is 21.7 Å². The van der Waals surface area contributed by atoms with E-state index in [-0.39, 0.29) is 16.6 Å². The Morgan fingerprint density at radius 3 is 2.61 bits per heavy atom. The van der Waals surface area contributed by atoms with Crippen molar-refractivity contribution < 1.29 is 17.7 Å². The molecule has 5 N–H and O–H groups in total. The molecule has 9 heteroatoms. The molecule has 0 aromatic heterocycles. The molecule has 0 heterocycles. The van der Waals surface area contributed by atoms with Gasteiger partial charge in [-0.05, 0) is 23.8 Å². The number of hydrogen-bond acceptors (Lipinski definition) is 5. The van der Waals surface area contributed by atoms with Crippen LogP contribution in [-0.2, 0) is 10.1 Å². The summed E-state index contributed by atoms with van der Waals surface area (Å²) in [5.41, 5.74) is 10.5. The first-order chi connectivity index (χ1) is 8.34. The van der Waals surface area contributed by atoms with Crippen LogP contribution in [0.5, 0.6) is 5.75 Å². The highest BCUT2D eigenvalue weighted by Gasteiger charge is 2.16. The van der Waals surface area contributed by atoms with E-state index in [0.29, 0.717) is 5.56 Å². The molecule has 8 nitrogen and oxygen atoms in total. The molecule has 0 amide bonds. The van der Waals surface area contributed by atoms with Crippen molar-refractivity contribution >= 4 is 22.3 Å². The van der Waals surface area contributed by atoms with Gasteiger partial charge in [0.15, 0.2) is 0 Å².